The van der Waals surface area contributed by atoms with Crippen LogP contribution in [0.15, 0.2) is 76.3 Å². The van der Waals surface area contributed by atoms with Crippen LogP contribution >= 0.6 is 15.9 Å². The summed E-state index contributed by atoms with van der Waals surface area (Å²) in [5.41, 5.74) is 6.98. The minimum Gasteiger partial charge on any atom is -0.489 e. The smallest absolute Gasteiger partial charge is 0.249 e. The fourth-order valence-corrected chi connectivity index (χ4v) is 3.17. The lowest BCUT2D eigenvalue weighted by Crippen LogP contribution is -2.24. The van der Waals surface area contributed by atoms with E-state index in [2.05, 4.69) is 31.8 Å². The van der Waals surface area contributed by atoms with Gasteiger partial charge in [0.2, 0.25) is 11.8 Å². The van der Waals surface area contributed by atoms with Gasteiger partial charge in [0.25, 0.3) is 0 Å². The first-order valence-corrected chi connectivity index (χ1v) is 10.8. The largest absolute Gasteiger partial charge is 0.489 e. The number of halogens is 1. The van der Waals surface area contributed by atoms with E-state index in [1.807, 2.05) is 80.6 Å². The van der Waals surface area contributed by atoms with Crippen LogP contribution < -0.4 is 15.5 Å². The van der Waals surface area contributed by atoms with E-state index in [0.717, 1.165) is 32.5 Å². The van der Waals surface area contributed by atoms with Gasteiger partial charge in [-0.2, -0.15) is 5.10 Å². The van der Waals surface area contributed by atoms with Gasteiger partial charge in [-0.1, -0.05) is 45.8 Å². The monoisotopic (exact) mass is 493 g/mol. The van der Waals surface area contributed by atoms with Crippen LogP contribution in [0, 0.1) is 13.8 Å². The van der Waals surface area contributed by atoms with Crippen LogP contribution in [-0.2, 0) is 16.2 Å². The van der Waals surface area contributed by atoms with Crippen molar-refractivity contribution in [1.29, 1.82) is 0 Å². The molecular weight excluding hydrogens is 470 g/mol. The van der Waals surface area contributed by atoms with Crippen molar-refractivity contribution < 1.29 is 14.3 Å². The van der Waals surface area contributed by atoms with Gasteiger partial charge in [-0.05, 0) is 73.0 Å². The van der Waals surface area contributed by atoms with Crippen LogP contribution in [-0.4, -0.2) is 18.0 Å². The number of carbonyl (C=O) groups excluding carboxylic acids is 2. The molecule has 0 aliphatic heterocycles. The second-order valence-electron chi connectivity index (χ2n) is 7.32. The van der Waals surface area contributed by atoms with Gasteiger partial charge < -0.3 is 10.1 Å². The molecule has 0 saturated heterocycles. The van der Waals surface area contributed by atoms with Crippen LogP contribution in [0.25, 0.3) is 0 Å². The van der Waals surface area contributed by atoms with Crippen LogP contribution in [0.5, 0.6) is 5.75 Å². The third-order valence-corrected chi connectivity index (χ3v) is 5.11. The van der Waals surface area contributed by atoms with E-state index < -0.39 is 11.8 Å². The highest BCUT2D eigenvalue weighted by Crippen LogP contribution is 2.17. The number of carbonyl (C=O) groups is 2. The molecule has 0 spiro atoms. The first kappa shape index (κ1) is 23.2. The van der Waals surface area contributed by atoms with Crippen molar-refractivity contribution in [2.45, 2.75) is 26.9 Å². The van der Waals surface area contributed by atoms with Crippen LogP contribution in [0.1, 0.15) is 28.7 Å². The van der Waals surface area contributed by atoms with Crippen LogP contribution in [0.2, 0.25) is 0 Å². The molecular formula is C25H24BrN3O3. The zero-order chi connectivity index (χ0) is 22.9. The van der Waals surface area contributed by atoms with E-state index in [9.17, 15) is 9.59 Å². The molecule has 3 rings (SSSR count). The summed E-state index contributed by atoms with van der Waals surface area (Å²) in [6.45, 7) is 4.36. The summed E-state index contributed by atoms with van der Waals surface area (Å²) in [6.07, 6.45) is 1.20. The fourth-order valence-electron chi connectivity index (χ4n) is 2.91. The minimum atomic E-state index is -0.488. The Bertz CT molecular complexity index is 1110. The second-order valence-corrected chi connectivity index (χ2v) is 8.24. The number of anilines is 1. The molecule has 0 unspecified atom stereocenters. The lowest BCUT2D eigenvalue weighted by atomic mass is 10.1. The quantitative estimate of drug-likeness (QED) is 0.259. The summed E-state index contributed by atoms with van der Waals surface area (Å²) in [6, 6.07) is 21.0. The highest BCUT2D eigenvalue weighted by molar-refractivity contribution is 9.10. The minimum absolute atomic E-state index is 0.312. The van der Waals surface area contributed by atoms with E-state index in [1.165, 1.54) is 6.21 Å². The number of benzene rings is 3. The molecule has 0 heterocycles. The SMILES string of the molecule is Cc1ccc(NC(=O)CC(=O)NN=Cc2ccc(OCc3ccc(Br)cc3)cc2)c(C)c1. The van der Waals surface area contributed by atoms with Gasteiger partial charge in [0.15, 0.2) is 0 Å². The van der Waals surface area contributed by atoms with E-state index in [-0.39, 0.29) is 6.42 Å². The molecule has 0 fully saturated rings. The third-order valence-electron chi connectivity index (χ3n) is 4.58. The first-order chi connectivity index (χ1) is 15.4. The zero-order valence-electron chi connectivity index (χ0n) is 17.9. The summed E-state index contributed by atoms with van der Waals surface area (Å²) in [5.74, 6) is -0.146. The van der Waals surface area contributed by atoms with Crippen molar-refractivity contribution in [3.05, 3.63) is 93.5 Å². The van der Waals surface area contributed by atoms with Gasteiger partial charge in [-0.25, -0.2) is 5.43 Å². The average Bonchev–Trinajstić information content (AvgIpc) is 2.76. The second kappa shape index (κ2) is 11.2. The number of hydrogen-bond acceptors (Lipinski definition) is 4. The number of rotatable bonds is 8. The molecule has 6 nitrogen and oxygen atoms in total. The Kier molecular flexibility index (Phi) is 8.16. The first-order valence-electron chi connectivity index (χ1n) is 10.1. The van der Waals surface area contributed by atoms with Gasteiger partial charge >= 0.3 is 0 Å². The number of nitrogens with zero attached hydrogens (tertiary/aromatic N) is 1. The lowest BCUT2D eigenvalue weighted by Gasteiger charge is -2.08. The predicted octanol–water partition coefficient (Wildman–Crippen LogP) is 5.12. The summed E-state index contributed by atoms with van der Waals surface area (Å²) < 4.78 is 6.79. The van der Waals surface area contributed by atoms with Crippen LogP contribution in [0.3, 0.4) is 0 Å². The molecule has 7 heteroatoms. The number of hydrogen-bond donors (Lipinski definition) is 2. The zero-order valence-corrected chi connectivity index (χ0v) is 19.5. The Morgan fingerprint density at radius 1 is 0.969 bits per heavy atom. The van der Waals surface area contributed by atoms with E-state index in [4.69, 9.17) is 4.74 Å². The number of hydrazone groups is 1. The normalized spacial score (nSPS) is 10.7. The van der Waals surface area contributed by atoms with Crippen molar-refractivity contribution >= 4 is 39.6 Å². The van der Waals surface area contributed by atoms with E-state index in [1.54, 1.807) is 0 Å². The number of ether oxygens (including phenoxy) is 1. The Hall–Kier alpha value is -3.45. The molecule has 0 bridgehead atoms. The Morgan fingerprint density at radius 2 is 1.69 bits per heavy atom. The van der Waals surface area contributed by atoms with Crippen molar-refractivity contribution in [2.75, 3.05) is 5.32 Å². The summed E-state index contributed by atoms with van der Waals surface area (Å²) in [5, 5.41) is 6.65. The molecule has 2 amide bonds. The van der Waals surface area contributed by atoms with Crippen molar-refractivity contribution in [3.63, 3.8) is 0 Å². The van der Waals surface area contributed by atoms with Crippen molar-refractivity contribution in [3.8, 4) is 5.75 Å². The molecule has 2 N–H and O–H groups in total. The standard InChI is InChI=1S/C25H24BrN3O3/c1-17-3-12-23(18(2)13-17)28-24(30)14-25(31)29-27-15-19-6-10-22(11-7-19)32-16-20-4-8-21(26)9-5-20/h3-13,15H,14,16H2,1-2H3,(H,28,30)(H,29,31). The topological polar surface area (TPSA) is 79.8 Å². The maximum Gasteiger partial charge on any atom is 0.249 e. The Labute approximate surface area is 195 Å². The fraction of sp³-hybridized carbons (Fsp3) is 0.160. The Morgan fingerprint density at radius 3 is 2.38 bits per heavy atom. The summed E-state index contributed by atoms with van der Waals surface area (Å²) >= 11 is 3.41. The van der Waals surface area contributed by atoms with Gasteiger partial charge in [0.1, 0.15) is 18.8 Å². The van der Waals surface area contributed by atoms with Crippen molar-refractivity contribution in [2.24, 2.45) is 5.10 Å². The van der Waals surface area contributed by atoms with E-state index in [0.29, 0.717) is 12.3 Å². The molecule has 164 valence electrons. The molecule has 0 aliphatic rings. The number of aryl methyl sites for hydroxylation is 2. The average molecular weight is 494 g/mol. The summed E-state index contributed by atoms with van der Waals surface area (Å²) in [7, 11) is 0. The van der Waals surface area contributed by atoms with Gasteiger partial charge in [0.05, 0.1) is 6.21 Å². The van der Waals surface area contributed by atoms with Crippen LogP contribution in [0.4, 0.5) is 5.69 Å². The maximum atomic E-state index is 12.1. The van der Waals surface area contributed by atoms with Crippen molar-refractivity contribution in [1.82, 2.24) is 5.43 Å². The molecule has 0 aromatic heterocycles. The molecule has 0 aliphatic carbocycles. The predicted molar refractivity (Wildman–Crippen MR) is 130 cm³/mol. The molecule has 3 aromatic rings. The highest BCUT2D eigenvalue weighted by Gasteiger charge is 2.10. The van der Waals surface area contributed by atoms with Gasteiger partial charge in [-0.15, -0.1) is 0 Å². The summed E-state index contributed by atoms with van der Waals surface area (Å²) in [4.78, 5) is 24.0. The molecule has 3 aromatic carbocycles. The lowest BCUT2D eigenvalue weighted by molar-refractivity contribution is -0.126. The highest BCUT2D eigenvalue weighted by atomic mass is 79.9. The third kappa shape index (κ3) is 7.35. The molecule has 0 atom stereocenters. The van der Waals surface area contributed by atoms with E-state index >= 15 is 0 Å². The molecule has 0 radical (unpaired) electrons. The van der Waals surface area contributed by atoms with Gasteiger partial charge in [-0.3, -0.25) is 9.59 Å². The maximum absolute atomic E-state index is 12.1. The molecule has 0 saturated carbocycles. The molecule has 32 heavy (non-hydrogen) atoms. The number of amides is 2. The number of nitrogens with one attached hydrogen (secondary N) is 2. The Balaban J connectivity index is 1.43. The van der Waals surface area contributed by atoms with Gasteiger partial charge in [0, 0.05) is 10.2 Å².